The zero-order valence-electron chi connectivity index (χ0n) is 12.5. The molecule has 1 aliphatic heterocycles. The molecular weight excluding hydrogens is 288 g/mol. The van der Waals surface area contributed by atoms with Crippen LogP contribution in [0.15, 0.2) is 29.2 Å². The van der Waals surface area contributed by atoms with Crippen LogP contribution in [-0.2, 0) is 16.6 Å². The summed E-state index contributed by atoms with van der Waals surface area (Å²) < 4.78 is 26.6. The average Bonchev–Trinajstić information content (AvgIpc) is 2.95. The van der Waals surface area contributed by atoms with E-state index in [1.54, 1.807) is 12.1 Å². The number of nitrogens with one attached hydrogen (secondary N) is 1. The predicted octanol–water partition coefficient (Wildman–Crippen LogP) is 1.19. The van der Waals surface area contributed by atoms with Gasteiger partial charge in [0.15, 0.2) is 0 Å². The highest BCUT2D eigenvalue weighted by molar-refractivity contribution is 7.89. The van der Waals surface area contributed by atoms with E-state index in [2.05, 4.69) is 5.32 Å². The molecule has 0 amide bonds. The first-order chi connectivity index (χ1) is 10.1. The van der Waals surface area contributed by atoms with Crippen molar-refractivity contribution in [2.24, 2.45) is 5.92 Å². The maximum Gasteiger partial charge on any atom is 0.243 e. The second-order valence-electron chi connectivity index (χ2n) is 5.45. The number of sulfonamides is 1. The number of hydrogen-bond donors (Lipinski definition) is 2. The van der Waals surface area contributed by atoms with Crippen molar-refractivity contribution in [3.8, 4) is 0 Å². The molecule has 1 aliphatic rings. The van der Waals surface area contributed by atoms with Crippen molar-refractivity contribution in [2.45, 2.75) is 31.2 Å². The number of rotatable bonds is 7. The van der Waals surface area contributed by atoms with Gasteiger partial charge in [0.2, 0.25) is 10.0 Å². The molecule has 1 atom stereocenters. The largest absolute Gasteiger partial charge is 0.396 e. The SMILES string of the molecule is CCNCc1ccc(S(=O)(=O)N2CCC(CCO)C2)cc1. The summed E-state index contributed by atoms with van der Waals surface area (Å²) in [7, 11) is -3.40. The lowest BCUT2D eigenvalue weighted by Crippen LogP contribution is -2.29. The highest BCUT2D eigenvalue weighted by Gasteiger charge is 2.32. The lowest BCUT2D eigenvalue weighted by molar-refractivity contribution is 0.259. The number of hydrogen-bond acceptors (Lipinski definition) is 4. The van der Waals surface area contributed by atoms with Crippen LogP contribution >= 0.6 is 0 Å². The number of nitrogens with zero attached hydrogens (tertiary/aromatic N) is 1. The van der Waals surface area contributed by atoms with Gasteiger partial charge in [0.1, 0.15) is 0 Å². The molecule has 1 aromatic carbocycles. The molecule has 1 aromatic rings. The van der Waals surface area contributed by atoms with Gasteiger partial charge in [0, 0.05) is 26.2 Å². The zero-order valence-corrected chi connectivity index (χ0v) is 13.3. The van der Waals surface area contributed by atoms with Crippen molar-refractivity contribution in [1.82, 2.24) is 9.62 Å². The third-order valence-electron chi connectivity index (χ3n) is 3.93. The maximum atomic E-state index is 12.6. The van der Waals surface area contributed by atoms with Crippen LogP contribution in [0.1, 0.15) is 25.3 Å². The van der Waals surface area contributed by atoms with Gasteiger partial charge < -0.3 is 10.4 Å². The summed E-state index contributed by atoms with van der Waals surface area (Å²) in [5.74, 6) is 0.276. The van der Waals surface area contributed by atoms with Gasteiger partial charge in [0.25, 0.3) is 0 Å². The fraction of sp³-hybridized carbons (Fsp3) is 0.600. The smallest absolute Gasteiger partial charge is 0.243 e. The Kier molecular flexibility index (Phi) is 5.75. The van der Waals surface area contributed by atoms with E-state index in [4.69, 9.17) is 5.11 Å². The molecule has 2 N–H and O–H groups in total. The van der Waals surface area contributed by atoms with Crippen molar-refractivity contribution in [2.75, 3.05) is 26.2 Å². The third kappa shape index (κ3) is 4.03. The van der Waals surface area contributed by atoms with Crippen molar-refractivity contribution in [1.29, 1.82) is 0 Å². The molecule has 118 valence electrons. The second kappa shape index (κ2) is 7.35. The summed E-state index contributed by atoms with van der Waals surface area (Å²) in [6.07, 6.45) is 1.51. The lowest BCUT2D eigenvalue weighted by atomic mass is 10.1. The van der Waals surface area contributed by atoms with Crippen molar-refractivity contribution >= 4 is 10.0 Å². The van der Waals surface area contributed by atoms with E-state index in [0.717, 1.165) is 25.1 Å². The van der Waals surface area contributed by atoms with Crippen LogP contribution in [-0.4, -0.2) is 44.1 Å². The first kappa shape index (κ1) is 16.4. The first-order valence-electron chi connectivity index (χ1n) is 7.48. The minimum atomic E-state index is -3.40. The monoisotopic (exact) mass is 312 g/mol. The van der Waals surface area contributed by atoms with Crippen LogP contribution in [0.5, 0.6) is 0 Å². The van der Waals surface area contributed by atoms with Gasteiger partial charge in [-0.3, -0.25) is 0 Å². The van der Waals surface area contributed by atoms with Crippen molar-refractivity contribution < 1.29 is 13.5 Å². The van der Waals surface area contributed by atoms with Crippen molar-refractivity contribution in [3.63, 3.8) is 0 Å². The summed E-state index contributed by atoms with van der Waals surface area (Å²) in [5.41, 5.74) is 1.08. The first-order valence-corrected chi connectivity index (χ1v) is 8.92. The highest BCUT2D eigenvalue weighted by Crippen LogP contribution is 2.26. The summed E-state index contributed by atoms with van der Waals surface area (Å²) in [5, 5.41) is 12.2. The molecule has 6 heteroatoms. The van der Waals surface area contributed by atoms with E-state index >= 15 is 0 Å². The fourth-order valence-electron chi connectivity index (χ4n) is 2.63. The molecular formula is C15H24N2O3S. The number of benzene rings is 1. The zero-order chi connectivity index (χ0) is 15.3. The molecule has 0 aliphatic carbocycles. The maximum absolute atomic E-state index is 12.6. The molecule has 0 saturated carbocycles. The Balaban J connectivity index is 2.06. The van der Waals surface area contributed by atoms with E-state index in [0.29, 0.717) is 24.4 Å². The molecule has 21 heavy (non-hydrogen) atoms. The molecule has 0 radical (unpaired) electrons. The Morgan fingerprint density at radius 3 is 2.67 bits per heavy atom. The second-order valence-corrected chi connectivity index (χ2v) is 7.39. The molecule has 1 fully saturated rings. The molecule has 0 aromatic heterocycles. The van der Waals surface area contributed by atoms with Gasteiger partial charge in [0.05, 0.1) is 4.90 Å². The van der Waals surface area contributed by atoms with E-state index in [9.17, 15) is 8.42 Å². The molecule has 2 rings (SSSR count). The van der Waals surface area contributed by atoms with Crippen LogP contribution < -0.4 is 5.32 Å². The van der Waals surface area contributed by atoms with Gasteiger partial charge in [-0.2, -0.15) is 4.31 Å². The molecule has 1 saturated heterocycles. The van der Waals surface area contributed by atoms with Gasteiger partial charge in [-0.1, -0.05) is 19.1 Å². The van der Waals surface area contributed by atoms with E-state index in [-0.39, 0.29) is 12.5 Å². The number of aliphatic hydroxyl groups excluding tert-OH is 1. The molecule has 5 nitrogen and oxygen atoms in total. The van der Waals surface area contributed by atoms with E-state index in [1.165, 1.54) is 4.31 Å². The lowest BCUT2D eigenvalue weighted by Gasteiger charge is -2.16. The standard InChI is InChI=1S/C15H24N2O3S/c1-2-16-11-13-3-5-15(6-4-13)21(19,20)17-9-7-14(12-17)8-10-18/h3-6,14,16,18H,2,7-12H2,1H3. The normalized spacial score (nSPS) is 20.0. The van der Waals surface area contributed by atoms with Gasteiger partial charge in [-0.15, -0.1) is 0 Å². The van der Waals surface area contributed by atoms with Gasteiger partial charge in [-0.05, 0) is 43.0 Å². The van der Waals surface area contributed by atoms with Crippen LogP contribution in [0.4, 0.5) is 0 Å². The minimum absolute atomic E-state index is 0.123. The van der Waals surface area contributed by atoms with Crippen molar-refractivity contribution in [3.05, 3.63) is 29.8 Å². The Bertz CT molecular complexity index is 543. The van der Waals surface area contributed by atoms with E-state index < -0.39 is 10.0 Å². The van der Waals surface area contributed by atoms with Crippen LogP contribution in [0.3, 0.4) is 0 Å². The Labute approximate surface area is 127 Å². The van der Waals surface area contributed by atoms with Gasteiger partial charge >= 0.3 is 0 Å². The minimum Gasteiger partial charge on any atom is -0.396 e. The molecule has 1 heterocycles. The summed E-state index contributed by atoms with van der Waals surface area (Å²) >= 11 is 0. The van der Waals surface area contributed by atoms with Crippen LogP contribution in [0.25, 0.3) is 0 Å². The summed E-state index contributed by atoms with van der Waals surface area (Å²) in [4.78, 5) is 0.354. The quantitative estimate of drug-likeness (QED) is 0.793. The van der Waals surface area contributed by atoms with Gasteiger partial charge in [-0.25, -0.2) is 8.42 Å². The summed E-state index contributed by atoms with van der Waals surface area (Å²) in [6, 6.07) is 7.08. The molecule has 0 spiro atoms. The fourth-order valence-corrected chi connectivity index (χ4v) is 4.16. The van der Waals surface area contributed by atoms with Crippen LogP contribution in [0.2, 0.25) is 0 Å². The van der Waals surface area contributed by atoms with Crippen LogP contribution in [0, 0.1) is 5.92 Å². The summed E-state index contributed by atoms with van der Waals surface area (Å²) in [6.45, 7) is 4.86. The third-order valence-corrected chi connectivity index (χ3v) is 5.81. The highest BCUT2D eigenvalue weighted by atomic mass is 32.2. The predicted molar refractivity (Wildman–Crippen MR) is 82.4 cm³/mol. The Morgan fingerprint density at radius 1 is 1.33 bits per heavy atom. The van der Waals surface area contributed by atoms with E-state index in [1.807, 2.05) is 19.1 Å². The Hall–Kier alpha value is -0.950. The molecule has 1 unspecified atom stereocenters. The number of aliphatic hydroxyl groups is 1. The average molecular weight is 312 g/mol. The molecule has 0 bridgehead atoms. The Morgan fingerprint density at radius 2 is 2.05 bits per heavy atom. The topological polar surface area (TPSA) is 69.6 Å².